The zero-order chi connectivity index (χ0) is 17.8. The van der Waals surface area contributed by atoms with Crippen LogP contribution in [0.3, 0.4) is 0 Å². The SMILES string of the molecule is Cc1cc(C)n(-c2nc(CCNC(=O)Nc3ccc(F)cc3)cs2)n1. The lowest BCUT2D eigenvalue weighted by Crippen LogP contribution is -2.30. The van der Waals surface area contributed by atoms with Crippen molar-refractivity contribution in [3.63, 3.8) is 0 Å². The van der Waals surface area contributed by atoms with Gasteiger partial charge in [-0.15, -0.1) is 11.3 Å². The van der Waals surface area contributed by atoms with Crippen LogP contribution in [0.5, 0.6) is 0 Å². The fraction of sp³-hybridized carbons (Fsp3) is 0.235. The zero-order valence-corrected chi connectivity index (χ0v) is 14.7. The van der Waals surface area contributed by atoms with Gasteiger partial charge in [0.2, 0.25) is 5.13 Å². The maximum atomic E-state index is 12.8. The van der Waals surface area contributed by atoms with Crippen LogP contribution in [0.25, 0.3) is 5.13 Å². The number of aromatic nitrogens is 3. The third kappa shape index (κ3) is 4.42. The Morgan fingerprint density at radius 3 is 2.72 bits per heavy atom. The Labute approximate surface area is 148 Å². The quantitative estimate of drug-likeness (QED) is 0.733. The molecule has 3 aromatic rings. The average molecular weight is 359 g/mol. The molecule has 2 amide bonds. The molecule has 0 unspecified atom stereocenters. The molecule has 0 saturated carbocycles. The van der Waals surface area contributed by atoms with Crippen LogP contribution < -0.4 is 10.6 Å². The highest BCUT2D eigenvalue weighted by atomic mass is 32.1. The van der Waals surface area contributed by atoms with E-state index in [4.69, 9.17) is 0 Å². The first-order valence-corrected chi connectivity index (χ1v) is 8.68. The summed E-state index contributed by atoms with van der Waals surface area (Å²) >= 11 is 1.52. The molecule has 0 spiro atoms. The van der Waals surface area contributed by atoms with Crippen LogP contribution in [0.2, 0.25) is 0 Å². The van der Waals surface area contributed by atoms with Crippen molar-refractivity contribution in [3.05, 3.63) is 58.6 Å². The highest BCUT2D eigenvalue weighted by molar-refractivity contribution is 7.12. The predicted molar refractivity (Wildman–Crippen MR) is 95.8 cm³/mol. The van der Waals surface area contributed by atoms with E-state index in [0.29, 0.717) is 18.7 Å². The second-order valence-electron chi connectivity index (χ2n) is 5.60. The molecule has 8 heteroatoms. The lowest BCUT2D eigenvalue weighted by Gasteiger charge is -2.06. The van der Waals surface area contributed by atoms with Crippen molar-refractivity contribution in [1.82, 2.24) is 20.1 Å². The van der Waals surface area contributed by atoms with Crippen molar-refractivity contribution >= 4 is 23.1 Å². The Kier molecular flexibility index (Phi) is 5.08. The van der Waals surface area contributed by atoms with Gasteiger partial charge in [0.05, 0.1) is 11.4 Å². The lowest BCUT2D eigenvalue weighted by atomic mass is 10.3. The van der Waals surface area contributed by atoms with Gasteiger partial charge in [-0.25, -0.2) is 18.9 Å². The summed E-state index contributed by atoms with van der Waals surface area (Å²) in [7, 11) is 0. The summed E-state index contributed by atoms with van der Waals surface area (Å²) < 4.78 is 14.6. The van der Waals surface area contributed by atoms with Crippen LogP contribution in [-0.4, -0.2) is 27.3 Å². The molecule has 0 radical (unpaired) electrons. The Bertz CT molecular complexity index is 872. The summed E-state index contributed by atoms with van der Waals surface area (Å²) in [5, 5.41) is 12.6. The third-order valence-corrected chi connectivity index (χ3v) is 4.36. The number of aryl methyl sites for hydroxylation is 2. The molecule has 0 saturated heterocycles. The molecule has 0 fully saturated rings. The van der Waals surface area contributed by atoms with E-state index < -0.39 is 0 Å². The average Bonchev–Trinajstić information content (AvgIpc) is 3.16. The standard InChI is InChI=1S/C17H18FN5OS/c1-11-9-12(2)23(22-11)17-21-15(10-25-17)7-8-19-16(24)20-14-5-3-13(18)4-6-14/h3-6,9-10H,7-8H2,1-2H3,(H2,19,20,24). The van der Waals surface area contributed by atoms with Gasteiger partial charge in [0.1, 0.15) is 5.82 Å². The number of amides is 2. The molecule has 0 atom stereocenters. The van der Waals surface area contributed by atoms with Crippen molar-refractivity contribution < 1.29 is 9.18 Å². The maximum absolute atomic E-state index is 12.8. The number of nitrogens with zero attached hydrogens (tertiary/aromatic N) is 3. The molecular formula is C17H18FN5OS. The molecule has 0 aliphatic carbocycles. The largest absolute Gasteiger partial charge is 0.337 e. The van der Waals surface area contributed by atoms with Gasteiger partial charge < -0.3 is 10.6 Å². The molecular weight excluding hydrogens is 341 g/mol. The minimum Gasteiger partial charge on any atom is -0.337 e. The molecule has 25 heavy (non-hydrogen) atoms. The van der Waals surface area contributed by atoms with E-state index >= 15 is 0 Å². The van der Waals surface area contributed by atoms with E-state index in [-0.39, 0.29) is 11.8 Å². The fourth-order valence-electron chi connectivity index (χ4n) is 2.34. The highest BCUT2D eigenvalue weighted by Gasteiger charge is 2.09. The molecule has 2 aromatic heterocycles. The van der Waals surface area contributed by atoms with E-state index in [1.54, 1.807) is 0 Å². The van der Waals surface area contributed by atoms with Gasteiger partial charge >= 0.3 is 6.03 Å². The molecule has 2 heterocycles. The number of hydrogen-bond donors (Lipinski definition) is 2. The van der Waals surface area contributed by atoms with Crippen LogP contribution in [-0.2, 0) is 6.42 Å². The Morgan fingerprint density at radius 1 is 1.28 bits per heavy atom. The number of carbonyl (C=O) groups is 1. The summed E-state index contributed by atoms with van der Waals surface area (Å²) in [4.78, 5) is 16.4. The van der Waals surface area contributed by atoms with Gasteiger partial charge in [0, 0.05) is 29.7 Å². The molecule has 0 aliphatic heterocycles. The number of anilines is 1. The number of nitrogens with one attached hydrogen (secondary N) is 2. The van der Waals surface area contributed by atoms with Crippen LogP contribution in [0, 0.1) is 19.7 Å². The zero-order valence-electron chi connectivity index (χ0n) is 13.9. The van der Waals surface area contributed by atoms with E-state index in [1.807, 2.05) is 30.0 Å². The minimum atomic E-state index is -0.340. The topological polar surface area (TPSA) is 71.8 Å². The molecule has 130 valence electrons. The monoisotopic (exact) mass is 359 g/mol. The smallest absolute Gasteiger partial charge is 0.319 e. The second-order valence-corrected chi connectivity index (χ2v) is 6.43. The lowest BCUT2D eigenvalue weighted by molar-refractivity contribution is 0.252. The van der Waals surface area contributed by atoms with E-state index in [0.717, 1.165) is 22.2 Å². The minimum absolute atomic E-state index is 0.333. The Hall–Kier alpha value is -2.74. The van der Waals surface area contributed by atoms with E-state index in [1.165, 1.54) is 35.6 Å². The van der Waals surface area contributed by atoms with Crippen LogP contribution in [0.15, 0.2) is 35.7 Å². The summed E-state index contributed by atoms with van der Waals surface area (Å²) in [6.45, 7) is 4.39. The van der Waals surface area contributed by atoms with E-state index in [9.17, 15) is 9.18 Å². The van der Waals surface area contributed by atoms with Crippen LogP contribution in [0.4, 0.5) is 14.9 Å². The number of halogens is 1. The summed E-state index contributed by atoms with van der Waals surface area (Å²) in [5.74, 6) is -0.340. The Morgan fingerprint density at radius 2 is 2.04 bits per heavy atom. The number of urea groups is 1. The van der Waals surface area contributed by atoms with Crippen molar-refractivity contribution in [2.75, 3.05) is 11.9 Å². The number of hydrogen-bond acceptors (Lipinski definition) is 4. The van der Waals surface area contributed by atoms with E-state index in [2.05, 4.69) is 20.7 Å². The van der Waals surface area contributed by atoms with Gasteiger partial charge in [0.15, 0.2) is 0 Å². The van der Waals surface area contributed by atoms with Crippen LogP contribution >= 0.6 is 11.3 Å². The number of rotatable bonds is 5. The first kappa shape index (κ1) is 17.1. The molecule has 1 aromatic carbocycles. The first-order valence-electron chi connectivity index (χ1n) is 7.80. The van der Waals surface area contributed by atoms with Crippen LogP contribution in [0.1, 0.15) is 17.1 Å². The second kappa shape index (κ2) is 7.43. The highest BCUT2D eigenvalue weighted by Crippen LogP contribution is 2.17. The molecule has 2 N–H and O–H groups in total. The van der Waals surface area contributed by atoms with Crippen molar-refractivity contribution in [1.29, 1.82) is 0 Å². The van der Waals surface area contributed by atoms with Gasteiger partial charge in [-0.05, 0) is 44.2 Å². The third-order valence-electron chi connectivity index (χ3n) is 3.50. The van der Waals surface area contributed by atoms with Crippen molar-refractivity contribution in [3.8, 4) is 5.13 Å². The number of benzene rings is 1. The summed E-state index contributed by atoms with van der Waals surface area (Å²) in [6.07, 6.45) is 0.618. The molecule has 0 bridgehead atoms. The molecule has 6 nitrogen and oxygen atoms in total. The number of carbonyl (C=O) groups excluding carboxylic acids is 1. The van der Waals surface area contributed by atoms with Crippen molar-refractivity contribution in [2.45, 2.75) is 20.3 Å². The van der Waals surface area contributed by atoms with Crippen molar-refractivity contribution in [2.24, 2.45) is 0 Å². The van der Waals surface area contributed by atoms with Gasteiger partial charge in [-0.2, -0.15) is 5.10 Å². The summed E-state index contributed by atoms with van der Waals surface area (Å²) in [6, 6.07) is 7.28. The normalized spacial score (nSPS) is 10.7. The Balaban J connectivity index is 1.50. The van der Waals surface area contributed by atoms with Gasteiger partial charge in [0.25, 0.3) is 0 Å². The first-order chi connectivity index (χ1) is 12.0. The predicted octanol–water partition coefficient (Wildman–Crippen LogP) is 3.45. The maximum Gasteiger partial charge on any atom is 0.319 e. The van der Waals surface area contributed by atoms with Gasteiger partial charge in [-0.1, -0.05) is 0 Å². The summed E-state index contributed by atoms with van der Waals surface area (Å²) in [5.41, 5.74) is 3.43. The number of thiazole rings is 1. The molecule has 0 aliphatic rings. The van der Waals surface area contributed by atoms with Gasteiger partial charge in [-0.3, -0.25) is 0 Å². The molecule has 3 rings (SSSR count). The fourth-order valence-corrected chi connectivity index (χ4v) is 3.21.